The number of hydrogen-bond acceptors (Lipinski definition) is 4. The maximum absolute atomic E-state index is 10.8. The molecule has 0 heterocycles. The van der Waals surface area contributed by atoms with E-state index in [9.17, 15) is 9.59 Å². The molecular weight excluding hydrogens is 236 g/mol. The highest BCUT2D eigenvalue weighted by molar-refractivity contribution is 5.91. The summed E-state index contributed by atoms with van der Waals surface area (Å²) >= 11 is 0. The van der Waals surface area contributed by atoms with Crippen LogP contribution >= 0.6 is 0 Å². The Hall–Kier alpha value is -1.66. The van der Waals surface area contributed by atoms with E-state index in [1.54, 1.807) is 6.92 Å². The van der Waals surface area contributed by atoms with E-state index >= 15 is 0 Å². The van der Waals surface area contributed by atoms with Crippen molar-refractivity contribution < 1.29 is 19.5 Å². The summed E-state index contributed by atoms with van der Waals surface area (Å²) in [6.07, 6.45) is 3.11. The number of nitrogens with one attached hydrogen (secondary N) is 2. The van der Waals surface area contributed by atoms with E-state index in [0.29, 0.717) is 12.2 Å². The van der Waals surface area contributed by atoms with Crippen LogP contribution in [0, 0.1) is 0 Å². The van der Waals surface area contributed by atoms with E-state index in [1.807, 2.05) is 0 Å². The van der Waals surface area contributed by atoms with Crippen molar-refractivity contribution in [2.24, 2.45) is 0 Å². The number of hydrogen-bond donors (Lipinski definition) is 3. The van der Waals surface area contributed by atoms with Gasteiger partial charge in [0.2, 0.25) is 5.91 Å². The molecule has 0 fully saturated rings. The molecule has 0 bridgehead atoms. The second kappa shape index (κ2) is 13.4. The molecule has 0 rings (SSSR count). The highest BCUT2D eigenvalue weighted by Crippen LogP contribution is 1.88. The van der Waals surface area contributed by atoms with Gasteiger partial charge in [0.05, 0.1) is 6.61 Å². The molecule has 0 atom stereocenters. The molecule has 0 radical (unpaired) electrons. The van der Waals surface area contributed by atoms with Gasteiger partial charge in [0.25, 0.3) is 5.91 Å². The van der Waals surface area contributed by atoms with E-state index in [2.05, 4.69) is 30.9 Å². The normalized spacial score (nSPS) is 8.61. The van der Waals surface area contributed by atoms with Gasteiger partial charge < -0.3 is 10.4 Å². The first kappa shape index (κ1) is 18.7. The summed E-state index contributed by atoms with van der Waals surface area (Å²) < 4.78 is 0. The van der Waals surface area contributed by atoms with Gasteiger partial charge in [0, 0.05) is 5.57 Å². The van der Waals surface area contributed by atoms with Gasteiger partial charge in [0.1, 0.15) is 6.73 Å². The maximum Gasteiger partial charge on any atom is 0.269 e. The smallest absolute Gasteiger partial charge is 0.269 e. The number of unbranched alkanes of at least 4 members (excludes halogenated alkanes) is 1. The highest BCUT2D eigenvalue weighted by atomic mass is 16.6. The quantitative estimate of drug-likeness (QED) is 0.271. The van der Waals surface area contributed by atoms with Gasteiger partial charge in [-0.15, -0.1) is 0 Å². The fraction of sp³-hybridized carbons (Fsp3) is 0.500. The van der Waals surface area contributed by atoms with Crippen molar-refractivity contribution in [3.05, 3.63) is 24.8 Å². The second-order valence-corrected chi connectivity index (χ2v) is 3.32. The number of aliphatic hydroxyl groups is 1. The molecule has 6 nitrogen and oxygen atoms in total. The van der Waals surface area contributed by atoms with Gasteiger partial charge in [-0.3, -0.25) is 14.4 Å². The summed E-state index contributed by atoms with van der Waals surface area (Å²) in [5.41, 5.74) is 2.74. The predicted octanol–water partition coefficient (Wildman–Crippen LogP) is 0.649. The third kappa shape index (κ3) is 14.3. The molecule has 0 aromatic heterocycles. The molecule has 0 saturated heterocycles. The molecule has 6 heteroatoms. The lowest BCUT2D eigenvalue weighted by molar-refractivity contribution is -0.129. The molecule has 104 valence electrons. The van der Waals surface area contributed by atoms with Crippen LogP contribution in [0.4, 0.5) is 0 Å². The average Bonchev–Trinajstić information content (AvgIpc) is 2.35. The standard InChI is InChI=1S/C8H15NO2.C4H7NO2/c1-4-5-6-11-9-8(10)7(2)3;1-2-4(7)5-3-6/h2,4-6H2,1,3H3,(H,9,10);2,6H,1,3H2,(H,5,7). The Balaban J connectivity index is 0. The van der Waals surface area contributed by atoms with Crippen LogP contribution in [-0.2, 0) is 14.4 Å². The largest absolute Gasteiger partial charge is 0.376 e. The number of carbonyl (C=O) groups is 2. The number of hydroxylamine groups is 1. The van der Waals surface area contributed by atoms with Crippen LogP contribution in [0.15, 0.2) is 24.8 Å². The van der Waals surface area contributed by atoms with Gasteiger partial charge >= 0.3 is 0 Å². The molecule has 0 aromatic carbocycles. The van der Waals surface area contributed by atoms with Crippen LogP contribution in [-0.4, -0.2) is 30.3 Å². The lowest BCUT2D eigenvalue weighted by Gasteiger charge is -2.03. The van der Waals surface area contributed by atoms with Gasteiger partial charge in [0.15, 0.2) is 0 Å². The molecule has 0 aromatic rings. The van der Waals surface area contributed by atoms with Gasteiger partial charge in [-0.1, -0.05) is 26.5 Å². The van der Waals surface area contributed by atoms with E-state index in [0.717, 1.165) is 18.9 Å². The van der Waals surface area contributed by atoms with Gasteiger partial charge in [-0.25, -0.2) is 5.48 Å². The molecule has 0 spiro atoms. The Morgan fingerprint density at radius 1 is 1.44 bits per heavy atom. The second-order valence-electron chi connectivity index (χ2n) is 3.32. The summed E-state index contributed by atoms with van der Waals surface area (Å²) in [7, 11) is 0. The Kier molecular flexibility index (Phi) is 13.9. The first-order chi connectivity index (χ1) is 8.49. The lowest BCUT2D eigenvalue weighted by atomic mass is 10.3. The molecule has 0 aliphatic rings. The van der Waals surface area contributed by atoms with Crippen LogP contribution in [0.2, 0.25) is 0 Å². The summed E-state index contributed by atoms with van der Waals surface area (Å²) in [6.45, 7) is 10.6. The third-order valence-corrected chi connectivity index (χ3v) is 1.59. The van der Waals surface area contributed by atoms with Crippen molar-refractivity contribution in [2.45, 2.75) is 26.7 Å². The Morgan fingerprint density at radius 2 is 2.06 bits per heavy atom. The van der Waals surface area contributed by atoms with Crippen LogP contribution in [0.25, 0.3) is 0 Å². The van der Waals surface area contributed by atoms with E-state index < -0.39 is 0 Å². The van der Waals surface area contributed by atoms with Crippen molar-refractivity contribution in [1.82, 2.24) is 10.8 Å². The van der Waals surface area contributed by atoms with E-state index in [4.69, 9.17) is 9.94 Å². The fourth-order valence-corrected chi connectivity index (χ4v) is 0.570. The fourth-order valence-electron chi connectivity index (χ4n) is 0.570. The lowest BCUT2D eigenvalue weighted by Crippen LogP contribution is -2.24. The highest BCUT2D eigenvalue weighted by Gasteiger charge is 1.98. The minimum Gasteiger partial charge on any atom is -0.376 e. The van der Waals surface area contributed by atoms with Gasteiger partial charge in [-0.2, -0.15) is 0 Å². The molecular formula is C12H22N2O4. The molecule has 0 aliphatic carbocycles. The number of carbonyl (C=O) groups excluding carboxylic acids is 2. The first-order valence-corrected chi connectivity index (χ1v) is 5.58. The summed E-state index contributed by atoms with van der Waals surface area (Å²) in [5, 5.41) is 10.1. The van der Waals surface area contributed by atoms with Gasteiger partial charge in [-0.05, 0) is 19.4 Å². The Bertz CT molecular complexity index is 277. The topological polar surface area (TPSA) is 87.7 Å². The van der Waals surface area contributed by atoms with Crippen LogP contribution in [0.3, 0.4) is 0 Å². The molecule has 2 amide bonds. The van der Waals surface area contributed by atoms with E-state index in [-0.39, 0.29) is 18.5 Å². The molecule has 0 unspecified atom stereocenters. The average molecular weight is 258 g/mol. The molecule has 0 saturated carbocycles. The molecule has 0 aliphatic heterocycles. The van der Waals surface area contributed by atoms with Crippen molar-refractivity contribution >= 4 is 11.8 Å². The molecule has 3 N–H and O–H groups in total. The van der Waals surface area contributed by atoms with Crippen molar-refractivity contribution in [3.63, 3.8) is 0 Å². The SMILES string of the molecule is C=C(C)C(=O)NOCCCC.C=CC(=O)NCO. The molecule has 18 heavy (non-hydrogen) atoms. The number of amides is 2. The minimum absolute atomic E-state index is 0.249. The zero-order chi connectivity index (χ0) is 14.4. The predicted molar refractivity (Wildman–Crippen MR) is 69.2 cm³/mol. The van der Waals surface area contributed by atoms with Crippen LogP contribution < -0.4 is 10.8 Å². The zero-order valence-corrected chi connectivity index (χ0v) is 11.0. The Morgan fingerprint density at radius 3 is 2.39 bits per heavy atom. The third-order valence-electron chi connectivity index (χ3n) is 1.59. The van der Waals surface area contributed by atoms with Crippen molar-refractivity contribution in [2.75, 3.05) is 13.3 Å². The van der Waals surface area contributed by atoms with Crippen LogP contribution in [0.5, 0.6) is 0 Å². The van der Waals surface area contributed by atoms with Crippen LogP contribution in [0.1, 0.15) is 26.7 Å². The maximum atomic E-state index is 10.8. The van der Waals surface area contributed by atoms with E-state index in [1.165, 1.54) is 0 Å². The zero-order valence-electron chi connectivity index (χ0n) is 11.0. The minimum atomic E-state index is -0.359. The number of rotatable bonds is 7. The summed E-state index contributed by atoms with van der Waals surface area (Å²) in [6, 6.07) is 0. The number of aliphatic hydroxyl groups excluding tert-OH is 1. The van der Waals surface area contributed by atoms with Crippen molar-refractivity contribution in [3.8, 4) is 0 Å². The summed E-state index contributed by atoms with van der Waals surface area (Å²) in [5.74, 6) is -0.608. The Labute approximate surface area is 108 Å². The monoisotopic (exact) mass is 258 g/mol. The first-order valence-electron chi connectivity index (χ1n) is 5.58. The van der Waals surface area contributed by atoms with Crippen molar-refractivity contribution in [1.29, 1.82) is 0 Å². The summed E-state index contributed by atoms with van der Waals surface area (Å²) in [4.78, 5) is 25.6.